The minimum Gasteiger partial charge on any atom is -0.490 e. The summed E-state index contributed by atoms with van der Waals surface area (Å²) in [7, 11) is 0. The Morgan fingerprint density at radius 2 is 2.05 bits per heavy atom. The maximum atomic E-state index is 6.33. The molecule has 0 saturated heterocycles. The van der Waals surface area contributed by atoms with Crippen LogP contribution in [0.1, 0.15) is 51.2 Å². The Kier molecular flexibility index (Phi) is 5.26. The van der Waals surface area contributed by atoms with E-state index in [1.54, 1.807) is 0 Å². The summed E-state index contributed by atoms with van der Waals surface area (Å²) in [6.07, 6.45) is 4.07. The van der Waals surface area contributed by atoms with Crippen LogP contribution in [0.15, 0.2) is 18.2 Å². The average Bonchev–Trinajstić information content (AvgIpc) is 2.37. The molecule has 0 amide bonds. The molecule has 0 radical (unpaired) electrons. The van der Waals surface area contributed by atoms with Crippen molar-refractivity contribution in [3.63, 3.8) is 0 Å². The van der Waals surface area contributed by atoms with Gasteiger partial charge in [-0.3, -0.25) is 0 Å². The summed E-state index contributed by atoms with van der Waals surface area (Å²) >= 11 is 5.06. The first-order valence-corrected chi connectivity index (χ1v) is 8.36. The van der Waals surface area contributed by atoms with Gasteiger partial charge in [-0.05, 0) is 61.3 Å². The lowest BCUT2D eigenvalue weighted by atomic mass is 9.75. The molecule has 1 aromatic carbocycles. The molecule has 1 fully saturated rings. The van der Waals surface area contributed by atoms with Crippen molar-refractivity contribution in [1.29, 1.82) is 0 Å². The second kappa shape index (κ2) is 6.78. The van der Waals surface area contributed by atoms with E-state index in [1.165, 1.54) is 12.8 Å². The van der Waals surface area contributed by atoms with Crippen LogP contribution in [0, 0.1) is 24.7 Å². The zero-order valence-corrected chi connectivity index (χ0v) is 14.4. The summed E-state index contributed by atoms with van der Waals surface area (Å²) in [4.78, 5) is 0.449. The van der Waals surface area contributed by atoms with Crippen LogP contribution in [-0.4, -0.2) is 11.1 Å². The Balaban J connectivity index is 2.15. The van der Waals surface area contributed by atoms with E-state index in [0.29, 0.717) is 22.9 Å². The first-order valence-electron chi connectivity index (χ1n) is 7.95. The Labute approximate surface area is 134 Å². The van der Waals surface area contributed by atoms with Gasteiger partial charge in [0.15, 0.2) is 0 Å². The van der Waals surface area contributed by atoms with Crippen LogP contribution in [0.25, 0.3) is 0 Å². The topological polar surface area (TPSA) is 35.2 Å². The van der Waals surface area contributed by atoms with E-state index >= 15 is 0 Å². The maximum absolute atomic E-state index is 6.33. The van der Waals surface area contributed by atoms with Crippen LogP contribution in [0.4, 0.5) is 0 Å². The van der Waals surface area contributed by atoms with Gasteiger partial charge >= 0.3 is 0 Å². The molecule has 2 rings (SSSR count). The van der Waals surface area contributed by atoms with E-state index < -0.39 is 0 Å². The van der Waals surface area contributed by atoms with Gasteiger partial charge in [-0.15, -0.1) is 0 Å². The molecule has 1 aromatic rings. The molecular formula is C18H27NOS. The Bertz CT molecular complexity index is 512. The van der Waals surface area contributed by atoms with Crippen molar-refractivity contribution < 1.29 is 4.74 Å². The van der Waals surface area contributed by atoms with Gasteiger partial charge in [-0.2, -0.15) is 0 Å². The number of hydrogen-bond acceptors (Lipinski definition) is 2. The molecule has 21 heavy (non-hydrogen) atoms. The van der Waals surface area contributed by atoms with E-state index in [2.05, 4.69) is 26.8 Å². The van der Waals surface area contributed by atoms with Crippen LogP contribution in [0.3, 0.4) is 0 Å². The molecule has 1 aliphatic carbocycles. The van der Waals surface area contributed by atoms with Crippen LogP contribution < -0.4 is 10.5 Å². The highest BCUT2D eigenvalue weighted by Crippen LogP contribution is 2.36. The average molecular weight is 305 g/mol. The predicted molar refractivity (Wildman–Crippen MR) is 92.8 cm³/mol. The molecule has 2 nitrogen and oxygen atoms in total. The van der Waals surface area contributed by atoms with Gasteiger partial charge in [0.05, 0.1) is 0 Å². The monoisotopic (exact) mass is 305 g/mol. The van der Waals surface area contributed by atoms with E-state index in [1.807, 2.05) is 19.1 Å². The molecule has 3 atom stereocenters. The zero-order valence-electron chi connectivity index (χ0n) is 13.6. The molecule has 1 saturated carbocycles. The zero-order chi connectivity index (χ0) is 15.6. The van der Waals surface area contributed by atoms with Crippen LogP contribution in [0.5, 0.6) is 5.75 Å². The molecule has 3 unspecified atom stereocenters. The third kappa shape index (κ3) is 3.97. The van der Waals surface area contributed by atoms with Crippen molar-refractivity contribution >= 4 is 17.2 Å². The maximum Gasteiger partial charge on any atom is 0.120 e. The normalized spacial score (nSPS) is 25.9. The molecule has 2 N–H and O–H groups in total. The predicted octanol–water partition coefficient (Wildman–Crippen LogP) is 4.47. The summed E-state index contributed by atoms with van der Waals surface area (Å²) < 4.78 is 6.33. The number of thiocarbonyl (C=S) groups is 1. The van der Waals surface area contributed by atoms with Gasteiger partial charge in [-0.1, -0.05) is 39.4 Å². The van der Waals surface area contributed by atoms with Crippen LogP contribution in [0.2, 0.25) is 0 Å². The number of benzene rings is 1. The van der Waals surface area contributed by atoms with Gasteiger partial charge in [0, 0.05) is 5.56 Å². The summed E-state index contributed by atoms with van der Waals surface area (Å²) in [5.41, 5.74) is 7.75. The molecule has 0 spiro atoms. The number of ether oxygens (including phenoxy) is 1. The van der Waals surface area contributed by atoms with Gasteiger partial charge in [0.2, 0.25) is 0 Å². The van der Waals surface area contributed by atoms with Crippen LogP contribution >= 0.6 is 12.2 Å². The third-order valence-electron chi connectivity index (χ3n) is 4.71. The first kappa shape index (κ1) is 16.3. The Morgan fingerprint density at radius 3 is 2.62 bits per heavy atom. The molecular weight excluding hydrogens is 278 g/mol. The lowest BCUT2D eigenvalue weighted by Crippen LogP contribution is -2.36. The fraction of sp³-hybridized carbons (Fsp3) is 0.611. The molecule has 0 heterocycles. The number of hydrogen-bond donors (Lipinski definition) is 1. The lowest BCUT2D eigenvalue weighted by Gasteiger charge is -2.37. The highest BCUT2D eigenvalue weighted by atomic mass is 32.1. The molecule has 0 aromatic heterocycles. The second-order valence-corrected chi connectivity index (χ2v) is 7.26. The standard InChI is InChI=1S/C18H27NOS/c1-11(2)15-7-5-12(3)9-17(15)20-14-6-8-16(18(19)21)13(4)10-14/h6,8,10-12,15,17H,5,7,9H2,1-4H3,(H2,19,21). The lowest BCUT2D eigenvalue weighted by molar-refractivity contribution is 0.0460. The van der Waals surface area contributed by atoms with Gasteiger partial charge in [0.1, 0.15) is 16.8 Å². The van der Waals surface area contributed by atoms with Crippen molar-refractivity contribution in [3.8, 4) is 5.75 Å². The number of aryl methyl sites for hydroxylation is 1. The summed E-state index contributed by atoms with van der Waals surface area (Å²) in [6, 6.07) is 6.03. The molecule has 3 heteroatoms. The van der Waals surface area contributed by atoms with Crippen LogP contribution in [-0.2, 0) is 0 Å². The highest BCUT2D eigenvalue weighted by Gasteiger charge is 2.32. The highest BCUT2D eigenvalue weighted by molar-refractivity contribution is 7.80. The van der Waals surface area contributed by atoms with Gasteiger partial charge < -0.3 is 10.5 Å². The van der Waals surface area contributed by atoms with E-state index in [-0.39, 0.29) is 0 Å². The fourth-order valence-electron chi connectivity index (χ4n) is 3.41. The second-order valence-electron chi connectivity index (χ2n) is 6.82. The van der Waals surface area contributed by atoms with Crippen molar-refractivity contribution in [1.82, 2.24) is 0 Å². The van der Waals surface area contributed by atoms with Gasteiger partial charge in [0.25, 0.3) is 0 Å². The first-order chi connectivity index (χ1) is 9.88. The molecule has 1 aliphatic rings. The number of rotatable bonds is 4. The quantitative estimate of drug-likeness (QED) is 0.834. The van der Waals surface area contributed by atoms with Crippen molar-refractivity contribution in [2.75, 3.05) is 0 Å². The third-order valence-corrected chi connectivity index (χ3v) is 4.93. The number of nitrogens with two attached hydrogens (primary N) is 1. The van der Waals surface area contributed by atoms with Crippen molar-refractivity contribution in [2.24, 2.45) is 23.5 Å². The van der Waals surface area contributed by atoms with Crippen molar-refractivity contribution in [2.45, 2.75) is 53.1 Å². The fourth-order valence-corrected chi connectivity index (χ4v) is 3.64. The van der Waals surface area contributed by atoms with E-state index in [9.17, 15) is 0 Å². The molecule has 116 valence electrons. The minimum atomic E-state index is 0.323. The minimum absolute atomic E-state index is 0.323. The summed E-state index contributed by atoms with van der Waals surface area (Å²) in [5, 5.41) is 0. The largest absolute Gasteiger partial charge is 0.490 e. The summed E-state index contributed by atoms with van der Waals surface area (Å²) in [6.45, 7) is 8.97. The smallest absolute Gasteiger partial charge is 0.120 e. The van der Waals surface area contributed by atoms with Gasteiger partial charge in [-0.25, -0.2) is 0 Å². The van der Waals surface area contributed by atoms with E-state index in [0.717, 1.165) is 29.2 Å². The van der Waals surface area contributed by atoms with E-state index in [4.69, 9.17) is 22.7 Å². The Morgan fingerprint density at radius 1 is 1.33 bits per heavy atom. The Hall–Kier alpha value is -1.09. The van der Waals surface area contributed by atoms with Crippen molar-refractivity contribution in [3.05, 3.63) is 29.3 Å². The summed E-state index contributed by atoms with van der Waals surface area (Å²) in [5.74, 6) is 3.01. The SMILES string of the molecule is Cc1cc(OC2CC(C)CCC2C(C)C)ccc1C(N)=S. The molecule has 0 bridgehead atoms. The molecule has 0 aliphatic heterocycles.